The fourth-order valence-electron chi connectivity index (χ4n) is 2.97. The van der Waals surface area contributed by atoms with Gasteiger partial charge in [-0.15, -0.1) is 0 Å². The van der Waals surface area contributed by atoms with Gasteiger partial charge in [-0.2, -0.15) is 5.26 Å². The lowest BCUT2D eigenvalue weighted by Crippen LogP contribution is -2.37. The first-order valence-electron chi connectivity index (χ1n) is 9.23. The van der Waals surface area contributed by atoms with E-state index in [1.165, 1.54) is 30.5 Å². The molecule has 0 saturated carbocycles. The van der Waals surface area contributed by atoms with Crippen LogP contribution in [0.2, 0.25) is 0 Å². The Morgan fingerprint density at radius 2 is 1.84 bits per heavy atom. The van der Waals surface area contributed by atoms with Crippen molar-refractivity contribution in [3.8, 4) is 17.6 Å². The Kier molecular flexibility index (Phi) is 6.60. The van der Waals surface area contributed by atoms with E-state index in [9.17, 15) is 19.2 Å². The highest BCUT2D eigenvalue weighted by Gasteiger charge is 2.31. The molecule has 0 aliphatic carbocycles. The molecule has 0 bridgehead atoms. The maximum absolute atomic E-state index is 15.1. The molecule has 3 rings (SSSR count). The molecule has 0 aliphatic heterocycles. The molecule has 0 saturated heterocycles. The first-order chi connectivity index (χ1) is 15.3. The Hall–Kier alpha value is -4.52. The van der Waals surface area contributed by atoms with Crippen LogP contribution in [0.1, 0.15) is 18.0 Å². The highest BCUT2D eigenvalue weighted by Crippen LogP contribution is 2.35. The van der Waals surface area contributed by atoms with Crippen LogP contribution in [-0.4, -0.2) is 16.8 Å². The highest BCUT2D eigenvalue weighted by molar-refractivity contribution is 6.05. The number of nitrogen functional groups attached to an aromatic ring is 1. The summed E-state index contributed by atoms with van der Waals surface area (Å²) in [4.78, 5) is 28.5. The number of aromatic nitrogens is 1. The van der Waals surface area contributed by atoms with Crippen LogP contribution in [0.25, 0.3) is 0 Å². The fraction of sp³-hybridized carbons (Fsp3) is 0.0909. The van der Waals surface area contributed by atoms with Gasteiger partial charge in [-0.05, 0) is 11.6 Å². The van der Waals surface area contributed by atoms with Crippen LogP contribution in [0, 0.1) is 23.0 Å². The number of nitriles is 1. The SMILES string of the molecule is N#CC(c1ccccc1)N(C(=O)CC(N)=O)c1cc(F)c(Oc2ccnc(N)c2)cc1F. The van der Waals surface area contributed by atoms with Gasteiger partial charge in [0.15, 0.2) is 17.4 Å². The average molecular weight is 437 g/mol. The summed E-state index contributed by atoms with van der Waals surface area (Å²) in [5.41, 5.74) is 10.4. The molecular formula is C22H17F2N5O3. The van der Waals surface area contributed by atoms with Crippen LogP contribution < -0.4 is 21.1 Å². The Labute approximate surface area is 181 Å². The van der Waals surface area contributed by atoms with E-state index in [0.29, 0.717) is 16.5 Å². The predicted molar refractivity (Wildman–Crippen MR) is 111 cm³/mol. The molecule has 162 valence electrons. The summed E-state index contributed by atoms with van der Waals surface area (Å²) in [6.45, 7) is 0. The number of amides is 2. The zero-order valence-electron chi connectivity index (χ0n) is 16.5. The summed E-state index contributed by atoms with van der Waals surface area (Å²) < 4.78 is 35.2. The van der Waals surface area contributed by atoms with Gasteiger partial charge in [-0.25, -0.2) is 13.8 Å². The zero-order chi connectivity index (χ0) is 23.3. The zero-order valence-corrected chi connectivity index (χ0v) is 16.5. The normalized spacial score (nSPS) is 11.3. The number of ether oxygens (including phenoxy) is 1. The Balaban J connectivity index is 2.06. The molecule has 10 heteroatoms. The minimum absolute atomic E-state index is 0.114. The molecule has 2 aromatic carbocycles. The third kappa shape index (κ3) is 4.96. The van der Waals surface area contributed by atoms with Gasteiger partial charge in [0.25, 0.3) is 0 Å². The Morgan fingerprint density at radius 1 is 1.12 bits per heavy atom. The number of carbonyl (C=O) groups is 2. The summed E-state index contributed by atoms with van der Waals surface area (Å²) >= 11 is 0. The molecule has 1 heterocycles. The average Bonchev–Trinajstić information content (AvgIpc) is 2.74. The number of nitrogens with two attached hydrogens (primary N) is 2. The van der Waals surface area contributed by atoms with Gasteiger partial charge in [-0.1, -0.05) is 30.3 Å². The van der Waals surface area contributed by atoms with E-state index in [2.05, 4.69) is 4.98 Å². The second kappa shape index (κ2) is 9.53. The molecule has 0 fully saturated rings. The molecule has 1 unspecified atom stereocenters. The number of nitrogens with zero attached hydrogens (tertiary/aromatic N) is 3. The molecule has 3 aromatic rings. The van der Waals surface area contributed by atoms with E-state index in [4.69, 9.17) is 16.2 Å². The topological polar surface area (TPSA) is 135 Å². The van der Waals surface area contributed by atoms with Crippen molar-refractivity contribution in [2.75, 3.05) is 10.6 Å². The first kappa shape index (κ1) is 22.2. The molecule has 4 N–H and O–H groups in total. The van der Waals surface area contributed by atoms with Crippen LogP contribution >= 0.6 is 0 Å². The quantitative estimate of drug-likeness (QED) is 0.545. The summed E-state index contributed by atoms with van der Waals surface area (Å²) in [5, 5.41) is 9.71. The number of hydrogen-bond acceptors (Lipinski definition) is 6. The predicted octanol–water partition coefficient (Wildman–Crippen LogP) is 3.21. The standard InChI is InChI=1S/C22H17F2N5O3/c23-15-10-19(32-14-6-7-28-20(26)8-14)16(24)9-17(15)29(22(31)11-21(27)30)18(12-25)13-4-2-1-3-5-13/h1-10,18H,11H2,(H2,26,28)(H2,27,30). The molecule has 2 amide bonds. The van der Waals surface area contributed by atoms with Gasteiger partial charge in [0.2, 0.25) is 11.8 Å². The lowest BCUT2D eigenvalue weighted by atomic mass is 10.0. The molecular weight excluding hydrogens is 420 g/mol. The van der Waals surface area contributed by atoms with Crippen LogP contribution in [0.4, 0.5) is 20.3 Å². The van der Waals surface area contributed by atoms with E-state index < -0.39 is 47.3 Å². The van der Waals surface area contributed by atoms with Crippen molar-refractivity contribution in [1.82, 2.24) is 4.98 Å². The maximum Gasteiger partial charge on any atom is 0.237 e. The van der Waals surface area contributed by atoms with Crippen LogP contribution in [0.5, 0.6) is 11.5 Å². The van der Waals surface area contributed by atoms with Crippen molar-refractivity contribution in [3.63, 3.8) is 0 Å². The minimum Gasteiger partial charge on any atom is -0.454 e. The second-order valence-electron chi connectivity index (χ2n) is 6.60. The molecule has 1 aromatic heterocycles. The number of benzene rings is 2. The van der Waals surface area contributed by atoms with E-state index in [1.807, 2.05) is 6.07 Å². The van der Waals surface area contributed by atoms with E-state index in [1.54, 1.807) is 18.2 Å². The van der Waals surface area contributed by atoms with Crippen molar-refractivity contribution in [2.24, 2.45) is 5.73 Å². The van der Waals surface area contributed by atoms with Gasteiger partial charge in [0, 0.05) is 24.4 Å². The van der Waals surface area contributed by atoms with Gasteiger partial charge in [0.1, 0.15) is 24.0 Å². The highest BCUT2D eigenvalue weighted by atomic mass is 19.1. The van der Waals surface area contributed by atoms with Crippen molar-refractivity contribution in [3.05, 3.63) is 78.0 Å². The van der Waals surface area contributed by atoms with Crippen LogP contribution in [0.3, 0.4) is 0 Å². The van der Waals surface area contributed by atoms with E-state index >= 15 is 4.39 Å². The summed E-state index contributed by atoms with van der Waals surface area (Å²) in [7, 11) is 0. The summed E-state index contributed by atoms with van der Waals surface area (Å²) in [6, 6.07) is 12.7. The molecule has 1 atom stereocenters. The largest absolute Gasteiger partial charge is 0.454 e. The number of hydrogen-bond donors (Lipinski definition) is 2. The summed E-state index contributed by atoms with van der Waals surface area (Å²) in [6.07, 6.45) is 0.523. The van der Waals surface area contributed by atoms with Gasteiger partial charge in [0.05, 0.1) is 11.8 Å². The van der Waals surface area contributed by atoms with E-state index in [-0.39, 0.29) is 11.6 Å². The van der Waals surface area contributed by atoms with Gasteiger partial charge >= 0.3 is 0 Å². The van der Waals surface area contributed by atoms with Gasteiger partial charge in [-0.3, -0.25) is 14.5 Å². The number of carbonyl (C=O) groups excluding carboxylic acids is 2. The number of anilines is 2. The van der Waals surface area contributed by atoms with Crippen molar-refractivity contribution < 1.29 is 23.1 Å². The number of rotatable bonds is 7. The lowest BCUT2D eigenvalue weighted by Gasteiger charge is -2.28. The minimum atomic E-state index is -1.34. The molecule has 0 aliphatic rings. The van der Waals surface area contributed by atoms with Crippen molar-refractivity contribution >= 4 is 23.3 Å². The first-order valence-corrected chi connectivity index (χ1v) is 9.23. The van der Waals surface area contributed by atoms with Crippen molar-refractivity contribution in [2.45, 2.75) is 12.5 Å². The third-order valence-corrected chi connectivity index (χ3v) is 4.33. The molecule has 8 nitrogen and oxygen atoms in total. The smallest absolute Gasteiger partial charge is 0.237 e. The number of halogens is 2. The fourth-order valence-corrected chi connectivity index (χ4v) is 2.97. The van der Waals surface area contributed by atoms with Crippen LogP contribution in [0.15, 0.2) is 60.8 Å². The van der Waals surface area contributed by atoms with E-state index in [0.717, 1.165) is 6.07 Å². The van der Waals surface area contributed by atoms with Gasteiger partial charge < -0.3 is 16.2 Å². The monoisotopic (exact) mass is 437 g/mol. The molecule has 32 heavy (non-hydrogen) atoms. The number of primary amides is 1. The third-order valence-electron chi connectivity index (χ3n) is 4.33. The molecule has 0 spiro atoms. The van der Waals surface area contributed by atoms with Crippen molar-refractivity contribution in [1.29, 1.82) is 5.26 Å². The lowest BCUT2D eigenvalue weighted by molar-refractivity contribution is -0.126. The maximum atomic E-state index is 15.1. The second-order valence-corrected chi connectivity index (χ2v) is 6.60. The number of pyridine rings is 1. The van der Waals surface area contributed by atoms with Crippen LogP contribution in [-0.2, 0) is 9.59 Å². The Morgan fingerprint density at radius 3 is 2.47 bits per heavy atom. The summed E-state index contributed by atoms with van der Waals surface area (Å²) in [5.74, 6) is -4.28. The Bertz CT molecular complexity index is 1200. The molecule has 0 radical (unpaired) electrons.